The SMILES string of the molecule is O=C1CCCC2=C1C(c1ccccc1)(c1ccccc1)C(=O)O2.O=C1CCCC2=C1C(c1ccccc1)(c1ccccc1)C(=O)O2. The van der Waals surface area contributed by atoms with Crippen LogP contribution in [0.3, 0.4) is 0 Å². The van der Waals surface area contributed by atoms with E-state index >= 15 is 0 Å². The minimum Gasteiger partial charge on any atom is -0.429 e. The van der Waals surface area contributed by atoms with Gasteiger partial charge < -0.3 is 9.47 Å². The largest absolute Gasteiger partial charge is 0.429 e. The Labute approximate surface area is 267 Å². The van der Waals surface area contributed by atoms with Gasteiger partial charge in [-0.25, -0.2) is 9.59 Å². The summed E-state index contributed by atoms with van der Waals surface area (Å²) in [5.74, 6) is 0.415. The average Bonchev–Trinajstić information content (AvgIpc) is 3.59. The van der Waals surface area contributed by atoms with E-state index in [1.807, 2.05) is 121 Å². The zero-order valence-electron chi connectivity index (χ0n) is 25.2. The molecule has 0 saturated heterocycles. The summed E-state index contributed by atoms with van der Waals surface area (Å²) in [7, 11) is 0. The number of hydrogen-bond donors (Lipinski definition) is 0. The van der Waals surface area contributed by atoms with Crippen LogP contribution in [0.4, 0.5) is 0 Å². The highest BCUT2D eigenvalue weighted by molar-refractivity contribution is 6.12. The summed E-state index contributed by atoms with van der Waals surface area (Å²) in [6.07, 6.45) is 3.71. The van der Waals surface area contributed by atoms with Gasteiger partial charge in [-0.3, -0.25) is 9.59 Å². The van der Waals surface area contributed by atoms with Gasteiger partial charge >= 0.3 is 11.9 Å². The maximum Gasteiger partial charge on any atom is 0.331 e. The second-order valence-corrected chi connectivity index (χ2v) is 11.9. The maximum atomic E-state index is 13.0. The summed E-state index contributed by atoms with van der Waals surface area (Å²) in [5.41, 5.74) is 1.96. The third-order valence-corrected chi connectivity index (χ3v) is 9.35. The van der Waals surface area contributed by atoms with Crippen LogP contribution in [0.2, 0.25) is 0 Å². The van der Waals surface area contributed by atoms with Crippen LogP contribution in [0.5, 0.6) is 0 Å². The van der Waals surface area contributed by atoms with Crippen LogP contribution in [0, 0.1) is 0 Å². The Bertz CT molecular complexity index is 1670. The van der Waals surface area contributed by atoms with Gasteiger partial charge in [0, 0.05) is 25.7 Å². The molecule has 0 atom stereocenters. The van der Waals surface area contributed by atoms with Gasteiger partial charge in [-0.15, -0.1) is 0 Å². The monoisotopic (exact) mass is 608 g/mol. The van der Waals surface area contributed by atoms with Crippen molar-refractivity contribution in [2.24, 2.45) is 0 Å². The van der Waals surface area contributed by atoms with Gasteiger partial charge in [-0.05, 0) is 35.1 Å². The molecule has 4 aromatic carbocycles. The fraction of sp³-hybridized carbons (Fsp3) is 0.200. The van der Waals surface area contributed by atoms with Crippen molar-refractivity contribution < 1.29 is 28.7 Å². The van der Waals surface area contributed by atoms with Crippen molar-refractivity contribution in [3.05, 3.63) is 166 Å². The average molecular weight is 609 g/mol. The molecule has 0 spiro atoms. The van der Waals surface area contributed by atoms with Gasteiger partial charge in [-0.1, -0.05) is 121 Å². The van der Waals surface area contributed by atoms with Gasteiger partial charge in [-0.2, -0.15) is 0 Å². The van der Waals surface area contributed by atoms with Gasteiger partial charge in [0.25, 0.3) is 0 Å². The molecule has 2 aliphatic carbocycles. The van der Waals surface area contributed by atoms with Crippen LogP contribution >= 0.6 is 0 Å². The molecule has 2 heterocycles. The van der Waals surface area contributed by atoms with Crippen molar-refractivity contribution in [3.8, 4) is 0 Å². The van der Waals surface area contributed by atoms with Crippen LogP contribution in [0.25, 0.3) is 0 Å². The Morgan fingerprint density at radius 1 is 0.391 bits per heavy atom. The first-order valence-corrected chi connectivity index (χ1v) is 15.7. The number of carbonyl (C=O) groups is 4. The summed E-state index contributed by atoms with van der Waals surface area (Å²) in [6.45, 7) is 0. The van der Waals surface area contributed by atoms with E-state index < -0.39 is 10.8 Å². The molecule has 0 radical (unpaired) electrons. The second-order valence-electron chi connectivity index (χ2n) is 11.9. The summed E-state index contributed by atoms with van der Waals surface area (Å²) in [4.78, 5) is 51.4. The van der Waals surface area contributed by atoms with Crippen molar-refractivity contribution in [2.75, 3.05) is 0 Å². The fourth-order valence-electron chi connectivity index (χ4n) is 7.39. The van der Waals surface area contributed by atoms with Crippen molar-refractivity contribution >= 4 is 23.5 Å². The quantitative estimate of drug-likeness (QED) is 0.230. The lowest BCUT2D eigenvalue weighted by molar-refractivity contribution is -0.141. The number of allylic oxidation sites excluding steroid dienone is 2. The first kappa shape index (κ1) is 29.4. The summed E-state index contributed by atoms with van der Waals surface area (Å²) < 4.78 is 11.2. The molecule has 0 N–H and O–H groups in total. The first-order chi connectivity index (χ1) is 22.5. The summed E-state index contributed by atoms with van der Waals surface area (Å²) in [6, 6.07) is 37.9. The Morgan fingerprint density at radius 3 is 0.957 bits per heavy atom. The summed E-state index contributed by atoms with van der Waals surface area (Å²) in [5, 5.41) is 0. The minimum absolute atomic E-state index is 0.0183. The fourth-order valence-corrected chi connectivity index (χ4v) is 7.39. The number of ether oxygens (including phenoxy) is 2. The van der Waals surface area contributed by atoms with Crippen LogP contribution in [-0.4, -0.2) is 23.5 Å². The lowest BCUT2D eigenvalue weighted by Gasteiger charge is -2.29. The molecule has 46 heavy (non-hydrogen) atoms. The molecule has 0 bridgehead atoms. The molecule has 0 unspecified atom stereocenters. The smallest absolute Gasteiger partial charge is 0.331 e. The van der Waals surface area contributed by atoms with Crippen molar-refractivity contribution in [2.45, 2.75) is 49.4 Å². The standard InChI is InChI=1S/2C20H16O3/c2*21-16-12-7-13-17-18(16)20(19(22)23-17,14-8-3-1-4-9-14)15-10-5-2-6-11-15/h2*1-6,8-11H,7,12-13H2. The zero-order chi connectivity index (χ0) is 31.7. The number of hydrogen-bond acceptors (Lipinski definition) is 6. The highest BCUT2D eigenvalue weighted by Gasteiger charge is 2.57. The molecule has 0 amide bonds. The maximum absolute atomic E-state index is 13.0. The lowest BCUT2D eigenvalue weighted by Crippen LogP contribution is -2.39. The molecule has 0 fully saturated rings. The molecule has 6 heteroatoms. The molecular weight excluding hydrogens is 576 g/mol. The van der Waals surface area contributed by atoms with Gasteiger partial charge in [0.2, 0.25) is 0 Å². The molecule has 6 nitrogen and oxygen atoms in total. The summed E-state index contributed by atoms with van der Waals surface area (Å²) >= 11 is 0. The number of carbonyl (C=O) groups excluding carboxylic acids is 4. The van der Waals surface area contributed by atoms with E-state index in [9.17, 15) is 19.2 Å². The lowest BCUT2D eigenvalue weighted by atomic mass is 9.67. The Balaban J connectivity index is 0.000000147. The third-order valence-electron chi connectivity index (χ3n) is 9.35. The minimum atomic E-state index is -1.13. The normalized spacial score (nSPS) is 19.5. The number of rotatable bonds is 4. The molecule has 2 aliphatic heterocycles. The molecule has 0 aromatic heterocycles. The van der Waals surface area contributed by atoms with Crippen molar-refractivity contribution in [1.82, 2.24) is 0 Å². The Hall–Kier alpha value is -5.36. The van der Waals surface area contributed by atoms with Crippen LogP contribution in [0.1, 0.15) is 60.8 Å². The van der Waals surface area contributed by atoms with Crippen LogP contribution in [-0.2, 0) is 39.5 Å². The van der Waals surface area contributed by atoms with E-state index in [4.69, 9.17) is 9.47 Å². The molecule has 228 valence electrons. The van der Waals surface area contributed by atoms with E-state index in [-0.39, 0.29) is 23.5 Å². The van der Waals surface area contributed by atoms with E-state index in [0.717, 1.165) is 35.1 Å². The number of benzene rings is 4. The predicted molar refractivity (Wildman–Crippen MR) is 171 cm³/mol. The molecule has 8 rings (SSSR count). The Kier molecular flexibility index (Phi) is 7.57. The molecular formula is C40H32O6. The second kappa shape index (κ2) is 11.9. The third kappa shape index (κ3) is 4.47. The zero-order valence-corrected chi connectivity index (χ0v) is 25.2. The number of Topliss-reactive ketones (excluding diaryl/α,β-unsaturated/α-hetero) is 2. The van der Waals surface area contributed by atoms with E-state index in [2.05, 4.69) is 0 Å². The van der Waals surface area contributed by atoms with Crippen molar-refractivity contribution in [1.29, 1.82) is 0 Å². The van der Waals surface area contributed by atoms with E-state index in [0.29, 0.717) is 48.3 Å². The molecule has 4 aromatic rings. The molecule has 0 saturated carbocycles. The number of ketones is 2. The Morgan fingerprint density at radius 2 is 0.674 bits per heavy atom. The molecule has 4 aliphatic rings. The van der Waals surface area contributed by atoms with Gasteiger partial charge in [0.1, 0.15) is 22.3 Å². The van der Waals surface area contributed by atoms with Gasteiger partial charge in [0.15, 0.2) is 11.6 Å². The van der Waals surface area contributed by atoms with E-state index in [1.54, 1.807) is 0 Å². The van der Waals surface area contributed by atoms with Crippen LogP contribution < -0.4 is 0 Å². The van der Waals surface area contributed by atoms with Crippen molar-refractivity contribution in [3.63, 3.8) is 0 Å². The first-order valence-electron chi connectivity index (χ1n) is 15.7. The highest BCUT2D eigenvalue weighted by atomic mass is 16.5. The van der Waals surface area contributed by atoms with Crippen LogP contribution in [0.15, 0.2) is 144 Å². The topological polar surface area (TPSA) is 86.7 Å². The highest BCUT2D eigenvalue weighted by Crippen LogP contribution is 2.51. The van der Waals surface area contributed by atoms with E-state index in [1.165, 1.54) is 0 Å². The van der Waals surface area contributed by atoms with Gasteiger partial charge in [0.05, 0.1) is 11.1 Å². The predicted octanol–water partition coefficient (Wildman–Crippen LogP) is 7.07. The number of esters is 2.